The van der Waals surface area contributed by atoms with Crippen LogP contribution in [0.15, 0.2) is 17.8 Å². The monoisotopic (exact) mass is 295 g/mol. The highest BCUT2D eigenvalue weighted by atomic mass is 32.1. The number of hydrogen-bond donors (Lipinski definition) is 1. The summed E-state index contributed by atoms with van der Waals surface area (Å²) in [6.07, 6.45) is 2.07. The van der Waals surface area contributed by atoms with Gasteiger partial charge in [0, 0.05) is 6.54 Å². The zero-order valence-corrected chi connectivity index (χ0v) is 11.6. The maximum Gasteiger partial charge on any atom is 0.323 e. The topological polar surface area (TPSA) is 101 Å². The molecule has 20 heavy (non-hydrogen) atoms. The summed E-state index contributed by atoms with van der Waals surface area (Å²) >= 11 is 1.24. The molecule has 0 spiro atoms. The summed E-state index contributed by atoms with van der Waals surface area (Å²) in [5.41, 5.74) is 0.552. The Morgan fingerprint density at radius 2 is 2.30 bits per heavy atom. The molecule has 0 atom stereocenters. The standard InChI is InChI=1S/C11H13N5O3S/c1-2-4-15(6-9(17)18)11(19)10-8(3-5-20-10)16-7-12-13-14-16/h3,5,7H,2,4,6H2,1H3,(H,17,18). The average Bonchev–Trinajstić information content (AvgIpc) is 3.07. The first-order valence-electron chi connectivity index (χ1n) is 5.95. The van der Waals surface area contributed by atoms with E-state index in [-0.39, 0.29) is 12.5 Å². The van der Waals surface area contributed by atoms with Gasteiger partial charge >= 0.3 is 5.97 Å². The zero-order valence-electron chi connectivity index (χ0n) is 10.8. The molecule has 106 valence electrons. The largest absolute Gasteiger partial charge is 0.480 e. The second-order valence-corrected chi connectivity index (χ2v) is 4.93. The molecule has 1 amide bonds. The maximum atomic E-state index is 12.4. The Hall–Kier alpha value is -2.29. The van der Waals surface area contributed by atoms with Gasteiger partial charge in [0.2, 0.25) is 0 Å². The maximum absolute atomic E-state index is 12.4. The van der Waals surface area contributed by atoms with E-state index in [2.05, 4.69) is 15.5 Å². The van der Waals surface area contributed by atoms with Gasteiger partial charge in [0.15, 0.2) is 0 Å². The first-order chi connectivity index (χ1) is 9.63. The minimum atomic E-state index is -1.03. The predicted octanol–water partition coefficient (Wildman–Crippen LogP) is 0.661. The molecule has 2 aromatic rings. The number of nitrogens with zero attached hydrogens (tertiary/aromatic N) is 5. The number of aliphatic carboxylic acids is 1. The highest BCUT2D eigenvalue weighted by Crippen LogP contribution is 2.22. The number of rotatable bonds is 6. The predicted molar refractivity (Wildman–Crippen MR) is 70.9 cm³/mol. The molecule has 0 radical (unpaired) electrons. The Kier molecular flexibility index (Phi) is 4.41. The van der Waals surface area contributed by atoms with Crippen LogP contribution in [0.3, 0.4) is 0 Å². The SMILES string of the molecule is CCCN(CC(=O)O)C(=O)c1sccc1-n1cnnn1. The summed E-state index contributed by atoms with van der Waals surface area (Å²) in [4.78, 5) is 25.0. The van der Waals surface area contributed by atoms with Gasteiger partial charge in [-0.25, -0.2) is 0 Å². The van der Waals surface area contributed by atoms with Gasteiger partial charge in [-0.05, 0) is 28.3 Å². The number of thiophene rings is 1. The van der Waals surface area contributed by atoms with Gasteiger partial charge in [0.1, 0.15) is 17.7 Å². The van der Waals surface area contributed by atoms with Crippen molar-refractivity contribution in [3.8, 4) is 5.69 Å². The number of carbonyl (C=O) groups excluding carboxylic acids is 1. The van der Waals surface area contributed by atoms with Crippen LogP contribution in [-0.4, -0.2) is 55.2 Å². The van der Waals surface area contributed by atoms with Crippen molar-refractivity contribution in [3.63, 3.8) is 0 Å². The van der Waals surface area contributed by atoms with Crippen molar-refractivity contribution in [2.24, 2.45) is 0 Å². The quantitative estimate of drug-likeness (QED) is 0.840. The summed E-state index contributed by atoms with van der Waals surface area (Å²) in [7, 11) is 0. The lowest BCUT2D eigenvalue weighted by Gasteiger charge is -2.19. The highest BCUT2D eigenvalue weighted by Gasteiger charge is 2.22. The lowest BCUT2D eigenvalue weighted by molar-refractivity contribution is -0.137. The number of amides is 1. The third-order valence-electron chi connectivity index (χ3n) is 2.54. The van der Waals surface area contributed by atoms with E-state index >= 15 is 0 Å². The number of carboxylic acids is 1. The number of hydrogen-bond acceptors (Lipinski definition) is 6. The second kappa shape index (κ2) is 6.24. The van der Waals surface area contributed by atoms with Crippen molar-refractivity contribution in [1.29, 1.82) is 0 Å². The van der Waals surface area contributed by atoms with Crippen molar-refractivity contribution in [2.45, 2.75) is 13.3 Å². The summed E-state index contributed by atoms with van der Waals surface area (Å²) in [6, 6.07) is 1.72. The van der Waals surface area contributed by atoms with Crippen molar-refractivity contribution >= 4 is 23.2 Å². The molecule has 2 rings (SSSR count). The third-order valence-corrected chi connectivity index (χ3v) is 3.43. The first-order valence-corrected chi connectivity index (χ1v) is 6.83. The molecule has 0 aliphatic rings. The van der Waals surface area contributed by atoms with Crippen LogP contribution in [-0.2, 0) is 4.79 Å². The van der Waals surface area contributed by atoms with Gasteiger partial charge in [0.05, 0.1) is 5.69 Å². The summed E-state index contributed by atoms with van der Waals surface area (Å²) in [6.45, 7) is 1.95. The minimum Gasteiger partial charge on any atom is -0.480 e. The van der Waals surface area contributed by atoms with Gasteiger partial charge in [-0.2, -0.15) is 4.68 Å². The molecule has 0 aliphatic carbocycles. The van der Waals surface area contributed by atoms with E-state index in [0.717, 1.165) is 0 Å². The number of tetrazole rings is 1. The van der Waals surface area contributed by atoms with Crippen LogP contribution in [0.1, 0.15) is 23.0 Å². The van der Waals surface area contributed by atoms with Crippen LogP contribution in [0, 0.1) is 0 Å². The minimum absolute atomic E-state index is 0.320. The normalized spacial score (nSPS) is 10.4. The van der Waals surface area contributed by atoms with Crippen molar-refractivity contribution in [2.75, 3.05) is 13.1 Å². The van der Waals surface area contributed by atoms with Gasteiger partial charge in [-0.3, -0.25) is 9.59 Å². The molecule has 0 saturated heterocycles. The van der Waals surface area contributed by atoms with E-state index in [1.807, 2.05) is 6.92 Å². The fourth-order valence-corrected chi connectivity index (χ4v) is 2.59. The molecule has 1 N–H and O–H groups in total. The number of aromatic nitrogens is 4. The summed E-state index contributed by atoms with van der Waals surface area (Å²) in [5, 5.41) is 21.4. The van der Waals surface area contributed by atoms with Crippen molar-refractivity contribution < 1.29 is 14.7 Å². The molecule has 0 unspecified atom stereocenters. The molecule has 9 heteroatoms. The Balaban J connectivity index is 2.28. The van der Waals surface area contributed by atoms with E-state index in [1.54, 1.807) is 11.4 Å². The van der Waals surface area contributed by atoms with Crippen molar-refractivity contribution in [3.05, 3.63) is 22.7 Å². The number of carbonyl (C=O) groups is 2. The Morgan fingerprint density at radius 3 is 2.90 bits per heavy atom. The van der Waals surface area contributed by atoms with E-state index in [0.29, 0.717) is 23.5 Å². The molecule has 0 bridgehead atoms. The Morgan fingerprint density at radius 1 is 1.50 bits per heavy atom. The van der Waals surface area contributed by atoms with E-state index in [4.69, 9.17) is 5.11 Å². The smallest absolute Gasteiger partial charge is 0.323 e. The van der Waals surface area contributed by atoms with Gasteiger partial charge in [0.25, 0.3) is 5.91 Å². The second-order valence-electron chi connectivity index (χ2n) is 4.01. The fraction of sp³-hybridized carbons (Fsp3) is 0.364. The highest BCUT2D eigenvalue weighted by molar-refractivity contribution is 7.12. The Bertz CT molecular complexity index is 595. The van der Waals surface area contributed by atoms with Crippen LogP contribution >= 0.6 is 11.3 Å². The van der Waals surface area contributed by atoms with Gasteiger partial charge < -0.3 is 10.0 Å². The van der Waals surface area contributed by atoms with Gasteiger partial charge in [-0.15, -0.1) is 16.4 Å². The average molecular weight is 295 g/mol. The fourth-order valence-electron chi connectivity index (χ4n) is 1.74. The number of carboxylic acid groups (broad SMARTS) is 1. The first kappa shape index (κ1) is 14.1. The molecular weight excluding hydrogens is 282 g/mol. The van der Waals surface area contributed by atoms with E-state index < -0.39 is 5.97 Å². The van der Waals surface area contributed by atoms with Gasteiger partial charge in [-0.1, -0.05) is 6.92 Å². The molecule has 0 fully saturated rings. The van der Waals surface area contributed by atoms with Crippen LogP contribution < -0.4 is 0 Å². The lowest BCUT2D eigenvalue weighted by Crippen LogP contribution is -2.36. The zero-order chi connectivity index (χ0) is 14.5. The Labute approximate surface area is 118 Å². The molecule has 0 aromatic carbocycles. The van der Waals surface area contributed by atoms with Crippen molar-refractivity contribution in [1.82, 2.24) is 25.1 Å². The van der Waals surface area contributed by atoms with Crippen LogP contribution in [0.4, 0.5) is 0 Å². The lowest BCUT2D eigenvalue weighted by atomic mass is 10.3. The molecule has 2 aromatic heterocycles. The summed E-state index contributed by atoms with van der Waals surface area (Å²) < 4.78 is 1.38. The van der Waals surface area contributed by atoms with Crippen LogP contribution in [0.5, 0.6) is 0 Å². The molecule has 0 aliphatic heterocycles. The third kappa shape index (κ3) is 2.99. The van der Waals surface area contributed by atoms with E-state index in [1.165, 1.54) is 27.2 Å². The van der Waals surface area contributed by atoms with Crippen LogP contribution in [0.2, 0.25) is 0 Å². The van der Waals surface area contributed by atoms with E-state index in [9.17, 15) is 9.59 Å². The summed E-state index contributed by atoms with van der Waals surface area (Å²) in [5.74, 6) is -1.36. The molecule has 0 saturated carbocycles. The molecular formula is C11H13N5O3S. The molecule has 8 nitrogen and oxygen atoms in total. The van der Waals surface area contributed by atoms with Crippen LogP contribution in [0.25, 0.3) is 5.69 Å². The molecule has 2 heterocycles.